The molecule has 4 rings (SSSR count). The van der Waals surface area contributed by atoms with Gasteiger partial charge in [0.15, 0.2) is 5.78 Å². The van der Waals surface area contributed by atoms with E-state index in [0.29, 0.717) is 13.0 Å². The van der Waals surface area contributed by atoms with E-state index >= 15 is 0 Å². The molecule has 1 fully saturated rings. The van der Waals surface area contributed by atoms with Crippen LogP contribution in [-0.2, 0) is 13.0 Å². The van der Waals surface area contributed by atoms with Gasteiger partial charge in [-0.15, -0.1) is 0 Å². The van der Waals surface area contributed by atoms with Crippen molar-refractivity contribution in [1.29, 1.82) is 0 Å². The number of likely N-dealkylation sites (tertiary alicyclic amines) is 1. The normalized spacial score (nSPS) is 20.0. The first-order valence-corrected chi connectivity index (χ1v) is 9.80. The van der Waals surface area contributed by atoms with E-state index < -0.39 is 6.10 Å². The Balaban J connectivity index is 1.66. The standard InChI is InChI=1S/C21H28N2O2/c1-15-8-9-19-18(12-15)17-6-5-7-20(25)21(17)23(19)14-16(24)13-22-10-3-2-4-11-22/h8-9,12,16,24H,2-7,10-11,13-14H2,1H3/p+1. The zero-order valence-electron chi connectivity index (χ0n) is 15.2. The van der Waals surface area contributed by atoms with E-state index in [1.165, 1.54) is 53.8 Å². The summed E-state index contributed by atoms with van der Waals surface area (Å²) >= 11 is 0. The summed E-state index contributed by atoms with van der Waals surface area (Å²) in [4.78, 5) is 14.1. The Morgan fingerprint density at radius 1 is 1.16 bits per heavy atom. The molecule has 2 N–H and O–H groups in total. The van der Waals surface area contributed by atoms with Crippen LogP contribution >= 0.6 is 0 Å². The van der Waals surface area contributed by atoms with Crippen LogP contribution in [0.5, 0.6) is 0 Å². The number of aliphatic hydroxyl groups is 1. The third kappa shape index (κ3) is 3.25. The Hall–Kier alpha value is -1.65. The Bertz CT molecular complexity index is 787. The number of carbonyl (C=O) groups excluding carboxylic acids is 1. The molecule has 1 aromatic carbocycles. The average molecular weight is 341 g/mol. The number of aliphatic hydroxyl groups excluding tert-OH is 1. The maximum Gasteiger partial charge on any atom is 0.179 e. The lowest BCUT2D eigenvalue weighted by Crippen LogP contribution is -3.13. The van der Waals surface area contributed by atoms with Gasteiger partial charge in [0.25, 0.3) is 0 Å². The van der Waals surface area contributed by atoms with Crippen molar-refractivity contribution in [3.8, 4) is 0 Å². The number of quaternary nitrogens is 1. The van der Waals surface area contributed by atoms with Crippen molar-refractivity contribution in [2.24, 2.45) is 0 Å². The molecule has 0 spiro atoms. The van der Waals surface area contributed by atoms with Gasteiger partial charge in [0.05, 0.1) is 25.3 Å². The number of carbonyl (C=O) groups is 1. The minimum Gasteiger partial charge on any atom is -0.385 e. The number of hydrogen-bond acceptors (Lipinski definition) is 2. The summed E-state index contributed by atoms with van der Waals surface area (Å²) in [7, 11) is 0. The van der Waals surface area contributed by atoms with Gasteiger partial charge in [-0.25, -0.2) is 0 Å². The molecule has 2 heterocycles. The lowest BCUT2D eigenvalue weighted by molar-refractivity contribution is -0.908. The maximum atomic E-state index is 12.6. The number of aryl methyl sites for hydroxylation is 2. The molecule has 1 aliphatic heterocycles. The van der Waals surface area contributed by atoms with Gasteiger partial charge in [0.1, 0.15) is 12.6 Å². The number of benzene rings is 1. The topological polar surface area (TPSA) is 46.7 Å². The van der Waals surface area contributed by atoms with Crippen LogP contribution in [0.15, 0.2) is 18.2 Å². The lowest BCUT2D eigenvalue weighted by atomic mass is 9.94. The van der Waals surface area contributed by atoms with E-state index in [0.717, 1.165) is 30.6 Å². The highest BCUT2D eigenvalue weighted by Gasteiger charge is 2.27. The molecule has 25 heavy (non-hydrogen) atoms. The first-order valence-electron chi connectivity index (χ1n) is 9.80. The Morgan fingerprint density at radius 2 is 1.96 bits per heavy atom. The fraction of sp³-hybridized carbons (Fsp3) is 0.571. The third-order valence-corrected chi connectivity index (χ3v) is 5.90. The number of nitrogens with one attached hydrogen (secondary N) is 1. The van der Waals surface area contributed by atoms with Crippen molar-refractivity contribution < 1.29 is 14.8 Å². The molecule has 1 saturated heterocycles. The summed E-state index contributed by atoms with van der Waals surface area (Å²) in [5.41, 5.74) is 4.40. The van der Waals surface area contributed by atoms with Gasteiger partial charge in [-0.3, -0.25) is 4.79 Å². The first-order chi connectivity index (χ1) is 12.1. The smallest absolute Gasteiger partial charge is 0.179 e. The molecule has 1 unspecified atom stereocenters. The van der Waals surface area contributed by atoms with Crippen molar-refractivity contribution in [3.05, 3.63) is 35.0 Å². The van der Waals surface area contributed by atoms with Gasteiger partial charge >= 0.3 is 0 Å². The van der Waals surface area contributed by atoms with Crippen LogP contribution in [0.4, 0.5) is 0 Å². The van der Waals surface area contributed by atoms with Crippen molar-refractivity contribution >= 4 is 16.7 Å². The van der Waals surface area contributed by atoms with Gasteiger partial charge in [-0.05, 0) is 56.7 Å². The summed E-state index contributed by atoms with van der Waals surface area (Å²) in [6.07, 6.45) is 6.01. The summed E-state index contributed by atoms with van der Waals surface area (Å²) < 4.78 is 2.11. The van der Waals surface area contributed by atoms with Gasteiger partial charge < -0.3 is 14.6 Å². The largest absolute Gasteiger partial charge is 0.385 e. The number of piperidine rings is 1. The zero-order chi connectivity index (χ0) is 17.4. The number of hydrogen-bond donors (Lipinski definition) is 2. The molecule has 4 heteroatoms. The van der Waals surface area contributed by atoms with Crippen LogP contribution in [0.1, 0.15) is 53.7 Å². The van der Waals surface area contributed by atoms with E-state index in [1.807, 2.05) is 0 Å². The molecule has 2 aliphatic rings. The minimum absolute atomic E-state index is 0.243. The fourth-order valence-corrected chi connectivity index (χ4v) is 4.71. The van der Waals surface area contributed by atoms with E-state index in [2.05, 4.69) is 29.7 Å². The molecule has 0 bridgehead atoms. The molecule has 1 aromatic heterocycles. The van der Waals surface area contributed by atoms with Crippen LogP contribution in [0.25, 0.3) is 10.9 Å². The average Bonchev–Trinajstić information content (AvgIpc) is 2.90. The Morgan fingerprint density at radius 3 is 2.76 bits per heavy atom. The Kier molecular flexibility index (Phi) is 4.65. The van der Waals surface area contributed by atoms with Crippen LogP contribution < -0.4 is 4.90 Å². The van der Waals surface area contributed by atoms with Gasteiger partial charge in [-0.1, -0.05) is 11.6 Å². The molecular weight excluding hydrogens is 312 g/mol. The number of nitrogens with zero attached hydrogens (tertiary/aromatic N) is 1. The predicted molar refractivity (Wildman–Crippen MR) is 99.4 cm³/mol. The highest BCUT2D eigenvalue weighted by atomic mass is 16.3. The van der Waals surface area contributed by atoms with Crippen LogP contribution in [0, 0.1) is 6.92 Å². The van der Waals surface area contributed by atoms with Crippen LogP contribution in [-0.4, -0.2) is 41.2 Å². The highest BCUT2D eigenvalue weighted by Crippen LogP contribution is 2.33. The van der Waals surface area contributed by atoms with Gasteiger partial charge in [-0.2, -0.15) is 0 Å². The first kappa shape index (κ1) is 16.8. The second-order valence-electron chi connectivity index (χ2n) is 7.90. The molecule has 0 saturated carbocycles. The molecular formula is C21H29N2O2+. The summed E-state index contributed by atoms with van der Waals surface area (Å²) in [6, 6.07) is 6.43. The molecule has 1 aliphatic carbocycles. The molecule has 4 nitrogen and oxygen atoms in total. The van der Waals surface area contributed by atoms with Gasteiger partial charge in [0, 0.05) is 17.3 Å². The second-order valence-corrected chi connectivity index (χ2v) is 7.90. The second kappa shape index (κ2) is 6.93. The van der Waals surface area contributed by atoms with Crippen molar-refractivity contribution in [3.63, 3.8) is 0 Å². The quantitative estimate of drug-likeness (QED) is 0.892. The predicted octanol–water partition coefficient (Wildman–Crippen LogP) is 1.90. The SMILES string of the molecule is Cc1ccc2c(c1)c1c(n2CC(O)C[NH+]2CCCCC2)C(=O)CCC1. The summed E-state index contributed by atoms with van der Waals surface area (Å²) in [6.45, 7) is 5.75. The summed E-state index contributed by atoms with van der Waals surface area (Å²) in [5, 5.41) is 11.9. The van der Waals surface area contributed by atoms with Crippen molar-refractivity contribution in [2.75, 3.05) is 19.6 Å². The number of rotatable bonds is 4. The third-order valence-electron chi connectivity index (χ3n) is 5.90. The van der Waals surface area contributed by atoms with Gasteiger partial charge in [0.2, 0.25) is 0 Å². The number of aromatic nitrogens is 1. The Labute approximate surface area is 149 Å². The number of fused-ring (bicyclic) bond motifs is 3. The highest BCUT2D eigenvalue weighted by molar-refractivity contribution is 6.04. The van der Waals surface area contributed by atoms with Crippen LogP contribution in [0.2, 0.25) is 0 Å². The molecule has 0 amide bonds. The molecule has 2 aromatic rings. The number of Topliss-reactive ketones (excluding diaryl/α,β-unsaturated/α-hetero) is 1. The number of ketones is 1. The molecule has 1 atom stereocenters. The maximum absolute atomic E-state index is 12.6. The summed E-state index contributed by atoms with van der Waals surface area (Å²) in [5.74, 6) is 0.243. The van der Waals surface area contributed by atoms with E-state index in [9.17, 15) is 9.90 Å². The lowest BCUT2D eigenvalue weighted by Gasteiger charge is -2.26. The van der Waals surface area contributed by atoms with E-state index in [4.69, 9.17) is 0 Å². The van der Waals surface area contributed by atoms with Crippen molar-refractivity contribution in [1.82, 2.24) is 4.57 Å². The van der Waals surface area contributed by atoms with Crippen molar-refractivity contribution in [2.45, 2.75) is 58.1 Å². The van der Waals surface area contributed by atoms with E-state index in [1.54, 1.807) is 0 Å². The fourth-order valence-electron chi connectivity index (χ4n) is 4.71. The van der Waals surface area contributed by atoms with E-state index in [-0.39, 0.29) is 5.78 Å². The van der Waals surface area contributed by atoms with Crippen LogP contribution in [0.3, 0.4) is 0 Å². The molecule has 134 valence electrons. The minimum atomic E-state index is -0.399. The molecule has 0 radical (unpaired) electrons. The zero-order valence-corrected chi connectivity index (χ0v) is 15.2. The monoisotopic (exact) mass is 341 g/mol.